The summed E-state index contributed by atoms with van der Waals surface area (Å²) < 4.78 is 0. The molecule has 0 rings (SSSR count). The first-order valence-electron chi connectivity index (χ1n) is 5.63. The Morgan fingerprint density at radius 2 is 1.79 bits per heavy atom. The first-order chi connectivity index (χ1) is 6.81. The van der Waals surface area contributed by atoms with E-state index in [1.807, 2.05) is 11.8 Å². The Balaban J connectivity index is 3.07. The van der Waals surface area contributed by atoms with Gasteiger partial charge in [0, 0.05) is 5.88 Å². The maximum Gasteiger partial charge on any atom is 0.0223 e. The molecule has 0 saturated heterocycles. The van der Waals surface area contributed by atoms with Crippen LogP contribution in [0.25, 0.3) is 0 Å². The van der Waals surface area contributed by atoms with Crippen molar-refractivity contribution in [1.82, 2.24) is 4.90 Å². The fourth-order valence-corrected chi connectivity index (χ4v) is 2.16. The molecule has 0 N–H and O–H groups in total. The Morgan fingerprint density at radius 3 is 2.43 bits per heavy atom. The van der Waals surface area contributed by atoms with Crippen LogP contribution in [0.2, 0.25) is 0 Å². The maximum absolute atomic E-state index is 5.62. The summed E-state index contributed by atoms with van der Waals surface area (Å²) in [6, 6.07) is 0. The Morgan fingerprint density at radius 1 is 1.07 bits per heavy atom. The number of thioether (sulfide) groups is 1. The molecule has 0 radical (unpaired) electrons. The third-order valence-electron chi connectivity index (χ3n) is 2.21. The van der Waals surface area contributed by atoms with Crippen LogP contribution in [0.5, 0.6) is 0 Å². The van der Waals surface area contributed by atoms with Crippen molar-refractivity contribution < 1.29 is 0 Å². The van der Waals surface area contributed by atoms with Crippen molar-refractivity contribution in [3.63, 3.8) is 0 Å². The van der Waals surface area contributed by atoms with E-state index in [2.05, 4.69) is 18.9 Å². The zero-order chi connectivity index (χ0) is 10.6. The van der Waals surface area contributed by atoms with E-state index in [9.17, 15) is 0 Å². The van der Waals surface area contributed by atoms with Gasteiger partial charge in [-0.1, -0.05) is 13.3 Å². The molecular weight excluding hydrogens is 214 g/mol. The third kappa shape index (κ3) is 10.7. The minimum Gasteiger partial charge on any atom is -0.306 e. The molecule has 0 bridgehead atoms. The topological polar surface area (TPSA) is 3.24 Å². The quantitative estimate of drug-likeness (QED) is 0.423. The molecule has 14 heavy (non-hydrogen) atoms. The van der Waals surface area contributed by atoms with Crippen molar-refractivity contribution in [2.45, 2.75) is 32.6 Å². The van der Waals surface area contributed by atoms with Crippen LogP contribution in [-0.2, 0) is 0 Å². The zero-order valence-electron chi connectivity index (χ0n) is 9.60. The highest BCUT2D eigenvalue weighted by Gasteiger charge is 1.97. The molecule has 0 spiro atoms. The predicted octanol–water partition coefficient (Wildman–Crippen LogP) is 3.47. The molecule has 86 valence electrons. The SMILES string of the molecule is CCSCCCN(C)CCCCCCl. The molecule has 0 saturated carbocycles. The number of hydrogen-bond acceptors (Lipinski definition) is 2. The lowest BCUT2D eigenvalue weighted by atomic mass is 10.2. The Kier molecular flexibility index (Phi) is 12.2. The number of nitrogens with zero attached hydrogens (tertiary/aromatic N) is 1. The van der Waals surface area contributed by atoms with E-state index in [-0.39, 0.29) is 0 Å². The van der Waals surface area contributed by atoms with Crippen LogP contribution in [-0.4, -0.2) is 42.4 Å². The highest BCUT2D eigenvalue weighted by molar-refractivity contribution is 7.99. The minimum absolute atomic E-state index is 0.816. The molecule has 0 fully saturated rings. The van der Waals surface area contributed by atoms with Gasteiger partial charge in [-0.15, -0.1) is 11.6 Å². The highest BCUT2D eigenvalue weighted by Crippen LogP contribution is 2.03. The summed E-state index contributed by atoms with van der Waals surface area (Å²) in [7, 11) is 2.22. The second-order valence-electron chi connectivity index (χ2n) is 3.60. The van der Waals surface area contributed by atoms with E-state index in [4.69, 9.17) is 11.6 Å². The summed E-state index contributed by atoms with van der Waals surface area (Å²) in [6.07, 6.45) is 5.06. The average molecular weight is 238 g/mol. The lowest BCUT2D eigenvalue weighted by molar-refractivity contribution is 0.327. The Hall–Kier alpha value is 0.600. The predicted molar refractivity (Wildman–Crippen MR) is 69.7 cm³/mol. The van der Waals surface area contributed by atoms with Crippen LogP contribution < -0.4 is 0 Å². The van der Waals surface area contributed by atoms with Gasteiger partial charge in [-0.25, -0.2) is 0 Å². The first kappa shape index (κ1) is 14.6. The largest absolute Gasteiger partial charge is 0.306 e. The van der Waals surface area contributed by atoms with E-state index in [0.29, 0.717) is 0 Å². The third-order valence-corrected chi connectivity index (χ3v) is 3.46. The van der Waals surface area contributed by atoms with Crippen LogP contribution >= 0.6 is 23.4 Å². The van der Waals surface area contributed by atoms with Gasteiger partial charge >= 0.3 is 0 Å². The number of unbranched alkanes of at least 4 members (excludes halogenated alkanes) is 2. The van der Waals surface area contributed by atoms with E-state index >= 15 is 0 Å². The Bertz CT molecular complexity index is 99.5. The normalized spacial score (nSPS) is 11.1. The van der Waals surface area contributed by atoms with Crippen molar-refractivity contribution in [3.05, 3.63) is 0 Å². The molecule has 0 aliphatic rings. The monoisotopic (exact) mass is 237 g/mol. The molecule has 0 atom stereocenters. The molecular formula is C11H24ClNS. The molecule has 0 unspecified atom stereocenters. The van der Waals surface area contributed by atoms with Crippen molar-refractivity contribution >= 4 is 23.4 Å². The maximum atomic E-state index is 5.62. The molecule has 0 aliphatic carbocycles. The van der Waals surface area contributed by atoms with E-state index < -0.39 is 0 Å². The summed E-state index contributed by atoms with van der Waals surface area (Å²) >= 11 is 7.66. The van der Waals surface area contributed by atoms with Gasteiger partial charge in [0.15, 0.2) is 0 Å². The number of halogens is 1. The van der Waals surface area contributed by atoms with E-state index in [1.54, 1.807) is 0 Å². The fraction of sp³-hybridized carbons (Fsp3) is 1.00. The lowest BCUT2D eigenvalue weighted by Crippen LogP contribution is -2.21. The summed E-state index contributed by atoms with van der Waals surface area (Å²) in [4.78, 5) is 2.43. The molecule has 0 aliphatic heterocycles. The van der Waals surface area contributed by atoms with E-state index in [1.165, 1.54) is 50.3 Å². The summed E-state index contributed by atoms with van der Waals surface area (Å²) in [5.41, 5.74) is 0. The van der Waals surface area contributed by atoms with Gasteiger partial charge < -0.3 is 4.90 Å². The van der Waals surface area contributed by atoms with Crippen molar-refractivity contribution in [3.8, 4) is 0 Å². The molecule has 0 aromatic heterocycles. The summed E-state index contributed by atoms with van der Waals surface area (Å²) in [5, 5.41) is 0. The van der Waals surface area contributed by atoms with Gasteiger partial charge in [0.1, 0.15) is 0 Å². The first-order valence-corrected chi connectivity index (χ1v) is 7.32. The highest BCUT2D eigenvalue weighted by atomic mass is 35.5. The second kappa shape index (κ2) is 11.7. The number of alkyl halides is 1. The van der Waals surface area contributed by atoms with Crippen LogP contribution in [0.3, 0.4) is 0 Å². The van der Waals surface area contributed by atoms with Crippen molar-refractivity contribution in [2.75, 3.05) is 37.5 Å². The molecule has 0 amide bonds. The minimum atomic E-state index is 0.816. The van der Waals surface area contributed by atoms with Crippen LogP contribution in [0.1, 0.15) is 32.6 Å². The van der Waals surface area contributed by atoms with Gasteiger partial charge in [0.05, 0.1) is 0 Å². The van der Waals surface area contributed by atoms with Gasteiger partial charge in [-0.05, 0) is 50.9 Å². The average Bonchev–Trinajstić information content (AvgIpc) is 2.19. The molecule has 3 heteroatoms. The lowest BCUT2D eigenvalue weighted by Gasteiger charge is -2.15. The molecule has 0 aromatic carbocycles. The second-order valence-corrected chi connectivity index (χ2v) is 5.38. The van der Waals surface area contributed by atoms with Crippen LogP contribution in [0.15, 0.2) is 0 Å². The number of rotatable bonds is 10. The number of hydrogen-bond donors (Lipinski definition) is 0. The smallest absolute Gasteiger partial charge is 0.0223 e. The fourth-order valence-electron chi connectivity index (χ4n) is 1.35. The van der Waals surface area contributed by atoms with Gasteiger partial charge in [0.2, 0.25) is 0 Å². The molecule has 1 nitrogen and oxygen atoms in total. The zero-order valence-corrected chi connectivity index (χ0v) is 11.2. The summed E-state index contributed by atoms with van der Waals surface area (Å²) in [6.45, 7) is 4.70. The van der Waals surface area contributed by atoms with Gasteiger partial charge in [-0.3, -0.25) is 0 Å². The molecule has 0 aromatic rings. The van der Waals surface area contributed by atoms with Crippen molar-refractivity contribution in [1.29, 1.82) is 0 Å². The van der Waals surface area contributed by atoms with Gasteiger partial charge in [0.25, 0.3) is 0 Å². The van der Waals surface area contributed by atoms with Crippen LogP contribution in [0, 0.1) is 0 Å². The Labute approximate surface area is 98.6 Å². The van der Waals surface area contributed by atoms with E-state index in [0.717, 1.165) is 5.88 Å². The van der Waals surface area contributed by atoms with Gasteiger partial charge in [-0.2, -0.15) is 11.8 Å². The standard InChI is InChI=1S/C11H24ClNS/c1-3-14-11-7-10-13(2)9-6-4-5-8-12/h3-11H2,1-2H3. The van der Waals surface area contributed by atoms with Crippen molar-refractivity contribution in [2.24, 2.45) is 0 Å². The molecule has 0 heterocycles. The summed E-state index contributed by atoms with van der Waals surface area (Å²) in [5.74, 6) is 3.37. The van der Waals surface area contributed by atoms with Crippen LogP contribution in [0.4, 0.5) is 0 Å².